The Morgan fingerprint density at radius 2 is 1.88 bits per heavy atom. The van der Waals surface area contributed by atoms with Gasteiger partial charge in [-0.05, 0) is 42.9 Å². The van der Waals surface area contributed by atoms with E-state index >= 15 is 0 Å². The molecule has 1 atom stereocenters. The second kappa shape index (κ2) is 11.6. The molecule has 0 aliphatic carbocycles. The van der Waals surface area contributed by atoms with E-state index in [0.29, 0.717) is 18.8 Å². The van der Waals surface area contributed by atoms with Crippen LogP contribution >= 0.6 is 0 Å². The van der Waals surface area contributed by atoms with Crippen LogP contribution in [0.3, 0.4) is 0 Å². The largest absolute Gasteiger partial charge is 0.497 e. The van der Waals surface area contributed by atoms with Crippen LogP contribution < -0.4 is 10.1 Å². The molecule has 1 saturated heterocycles. The van der Waals surface area contributed by atoms with Crippen LogP contribution in [-0.2, 0) is 0 Å². The predicted molar refractivity (Wildman–Crippen MR) is 126 cm³/mol. The number of hydrogen-bond acceptors (Lipinski definition) is 5. The smallest absolute Gasteiger partial charge is 0.289 e. The van der Waals surface area contributed by atoms with E-state index in [9.17, 15) is 4.79 Å². The molecule has 1 aromatic carbocycles. The van der Waals surface area contributed by atoms with Gasteiger partial charge in [-0.15, -0.1) is 0 Å². The maximum Gasteiger partial charge on any atom is 0.289 e. The van der Waals surface area contributed by atoms with Gasteiger partial charge in [0.2, 0.25) is 0 Å². The summed E-state index contributed by atoms with van der Waals surface area (Å²) in [4.78, 5) is 23.5. The first kappa shape index (κ1) is 23.7. The van der Waals surface area contributed by atoms with E-state index in [-0.39, 0.29) is 11.9 Å². The maximum atomic E-state index is 12.5. The van der Waals surface area contributed by atoms with Gasteiger partial charge in [-0.25, -0.2) is 0 Å². The van der Waals surface area contributed by atoms with E-state index in [0.717, 1.165) is 44.4 Å². The van der Waals surface area contributed by atoms with Gasteiger partial charge in [-0.2, -0.15) is 0 Å². The average molecular weight is 442 g/mol. The Hall–Kier alpha value is -3.00. The molecule has 8 nitrogen and oxygen atoms in total. The summed E-state index contributed by atoms with van der Waals surface area (Å²) in [6.07, 6.45) is 1.53. The van der Waals surface area contributed by atoms with Crippen molar-refractivity contribution in [3.63, 3.8) is 0 Å². The number of carbonyl (C=O) groups excluding carboxylic acids is 1. The predicted octanol–water partition coefficient (Wildman–Crippen LogP) is 2.70. The lowest BCUT2D eigenvalue weighted by Gasteiger charge is -2.37. The molecule has 1 aromatic heterocycles. The van der Waals surface area contributed by atoms with Crippen molar-refractivity contribution in [2.24, 2.45) is 4.99 Å². The molecule has 1 aliphatic rings. The second-order valence-corrected chi connectivity index (χ2v) is 7.70. The van der Waals surface area contributed by atoms with E-state index in [4.69, 9.17) is 9.15 Å². The monoisotopic (exact) mass is 441 g/mol. The fourth-order valence-corrected chi connectivity index (χ4v) is 4.17. The van der Waals surface area contributed by atoms with Crippen LogP contribution in [0.25, 0.3) is 0 Å². The van der Waals surface area contributed by atoms with Gasteiger partial charge in [-0.1, -0.05) is 26.0 Å². The Bertz CT molecular complexity index is 872. The third-order valence-electron chi connectivity index (χ3n) is 6.00. The summed E-state index contributed by atoms with van der Waals surface area (Å²) < 4.78 is 10.7. The first-order valence-electron chi connectivity index (χ1n) is 11.3. The van der Waals surface area contributed by atoms with E-state index in [1.165, 1.54) is 11.8 Å². The number of furan rings is 1. The number of guanidine groups is 1. The SMILES string of the molecule is CCN(CC)C(CNC(=NC)N1CCN(C(=O)c2ccco2)CC1)c1cccc(OC)c1. The average Bonchev–Trinajstić information content (AvgIpc) is 3.39. The molecule has 0 bridgehead atoms. The van der Waals surface area contributed by atoms with E-state index in [1.54, 1.807) is 26.3 Å². The number of amides is 1. The first-order valence-corrected chi connectivity index (χ1v) is 11.3. The summed E-state index contributed by atoms with van der Waals surface area (Å²) >= 11 is 0. The van der Waals surface area contributed by atoms with Crippen LogP contribution in [-0.4, -0.2) is 86.5 Å². The van der Waals surface area contributed by atoms with Crippen molar-refractivity contribution >= 4 is 11.9 Å². The number of aliphatic imine (C=N–C) groups is 1. The Morgan fingerprint density at radius 1 is 1.16 bits per heavy atom. The Morgan fingerprint density at radius 3 is 2.47 bits per heavy atom. The zero-order chi connectivity index (χ0) is 22.9. The lowest BCUT2D eigenvalue weighted by molar-refractivity contribution is 0.0657. The molecule has 0 spiro atoms. The van der Waals surface area contributed by atoms with Crippen LogP contribution in [0.2, 0.25) is 0 Å². The third kappa shape index (κ3) is 5.62. The topological polar surface area (TPSA) is 73.5 Å². The minimum atomic E-state index is -0.0581. The Kier molecular flexibility index (Phi) is 8.56. The highest BCUT2D eigenvalue weighted by Gasteiger charge is 2.26. The molecule has 1 fully saturated rings. The summed E-state index contributed by atoms with van der Waals surface area (Å²) in [5, 5.41) is 3.57. The number of piperazine rings is 1. The van der Waals surface area contributed by atoms with Crippen molar-refractivity contribution in [3.05, 3.63) is 54.0 Å². The summed E-state index contributed by atoms with van der Waals surface area (Å²) in [5.41, 5.74) is 1.21. The normalized spacial score (nSPS) is 15.7. The van der Waals surface area contributed by atoms with Crippen LogP contribution in [0.15, 0.2) is 52.1 Å². The van der Waals surface area contributed by atoms with Crippen molar-refractivity contribution in [1.82, 2.24) is 20.0 Å². The summed E-state index contributed by atoms with van der Waals surface area (Å²) in [5.74, 6) is 2.05. The zero-order valence-electron chi connectivity index (χ0n) is 19.6. The highest BCUT2D eigenvalue weighted by Crippen LogP contribution is 2.24. The number of nitrogens with one attached hydrogen (secondary N) is 1. The number of ether oxygens (including phenoxy) is 1. The van der Waals surface area contributed by atoms with Crippen molar-refractivity contribution in [2.45, 2.75) is 19.9 Å². The zero-order valence-corrected chi connectivity index (χ0v) is 19.6. The van der Waals surface area contributed by atoms with Gasteiger partial charge in [0.1, 0.15) is 5.75 Å². The van der Waals surface area contributed by atoms with Crippen molar-refractivity contribution < 1.29 is 13.9 Å². The number of rotatable bonds is 8. The van der Waals surface area contributed by atoms with Crippen LogP contribution in [0.1, 0.15) is 36.0 Å². The highest BCUT2D eigenvalue weighted by molar-refractivity contribution is 5.91. The Balaban J connectivity index is 1.63. The number of carbonyl (C=O) groups is 1. The van der Waals surface area contributed by atoms with Crippen LogP contribution in [0, 0.1) is 0 Å². The van der Waals surface area contributed by atoms with E-state index < -0.39 is 0 Å². The van der Waals surface area contributed by atoms with Gasteiger partial charge in [0.05, 0.1) is 19.4 Å². The Labute approximate surface area is 190 Å². The minimum absolute atomic E-state index is 0.0581. The lowest BCUT2D eigenvalue weighted by atomic mass is 10.0. The molecule has 0 saturated carbocycles. The lowest BCUT2D eigenvalue weighted by Crippen LogP contribution is -2.54. The maximum absolute atomic E-state index is 12.5. The van der Waals surface area contributed by atoms with Gasteiger partial charge in [0, 0.05) is 39.8 Å². The molecule has 1 N–H and O–H groups in total. The molecule has 32 heavy (non-hydrogen) atoms. The molecule has 1 amide bonds. The number of methoxy groups -OCH3 is 1. The summed E-state index contributed by atoms with van der Waals surface area (Å²) in [7, 11) is 3.50. The van der Waals surface area contributed by atoms with Crippen molar-refractivity contribution in [2.75, 3.05) is 60.0 Å². The minimum Gasteiger partial charge on any atom is -0.497 e. The number of nitrogens with zero attached hydrogens (tertiary/aromatic N) is 4. The fraction of sp³-hybridized carbons (Fsp3) is 0.500. The van der Waals surface area contributed by atoms with Crippen LogP contribution in [0.5, 0.6) is 5.75 Å². The van der Waals surface area contributed by atoms with Gasteiger partial charge in [0.15, 0.2) is 11.7 Å². The number of benzene rings is 1. The van der Waals surface area contributed by atoms with Gasteiger partial charge in [0.25, 0.3) is 5.91 Å². The molecule has 0 radical (unpaired) electrons. The summed E-state index contributed by atoms with van der Waals surface area (Å²) in [6, 6.07) is 11.9. The molecule has 1 aliphatic heterocycles. The molecule has 1 unspecified atom stereocenters. The van der Waals surface area contributed by atoms with Gasteiger partial charge >= 0.3 is 0 Å². The first-order chi connectivity index (χ1) is 15.6. The number of likely N-dealkylation sites (N-methyl/N-ethyl adjacent to an activating group) is 1. The quantitative estimate of drug-likeness (QED) is 0.502. The molecule has 2 heterocycles. The molecular formula is C24H35N5O3. The van der Waals surface area contributed by atoms with Gasteiger partial charge in [-0.3, -0.25) is 14.7 Å². The van der Waals surface area contributed by atoms with Crippen LogP contribution in [0.4, 0.5) is 0 Å². The van der Waals surface area contributed by atoms with E-state index in [2.05, 4.69) is 46.1 Å². The molecule has 174 valence electrons. The standard InChI is InChI=1S/C24H35N5O3/c1-5-27(6-2)21(19-9-7-10-20(17-19)31-4)18-26-24(25-3)29-14-12-28(13-15-29)23(30)22-11-8-16-32-22/h7-11,16-17,21H,5-6,12-15,18H2,1-4H3,(H,25,26). The molecule has 8 heteroatoms. The third-order valence-corrected chi connectivity index (χ3v) is 6.00. The van der Waals surface area contributed by atoms with Crippen molar-refractivity contribution in [3.8, 4) is 5.75 Å². The molecule has 3 rings (SSSR count). The second-order valence-electron chi connectivity index (χ2n) is 7.70. The number of hydrogen-bond donors (Lipinski definition) is 1. The highest BCUT2D eigenvalue weighted by atomic mass is 16.5. The van der Waals surface area contributed by atoms with Gasteiger partial charge < -0.3 is 24.3 Å². The van der Waals surface area contributed by atoms with E-state index in [1.807, 2.05) is 17.0 Å². The fourth-order valence-electron chi connectivity index (χ4n) is 4.17. The molecular weight excluding hydrogens is 406 g/mol. The molecule has 2 aromatic rings. The summed E-state index contributed by atoms with van der Waals surface area (Å²) in [6.45, 7) is 9.71. The van der Waals surface area contributed by atoms with Crippen molar-refractivity contribution in [1.29, 1.82) is 0 Å².